The first-order chi connectivity index (χ1) is 19.6. The van der Waals surface area contributed by atoms with Crippen LogP contribution in [0, 0.1) is 5.92 Å². The van der Waals surface area contributed by atoms with Gasteiger partial charge in [0.1, 0.15) is 17.7 Å². The van der Waals surface area contributed by atoms with Crippen molar-refractivity contribution in [1.29, 1.82) is 0 Å². The predicted octanol–water partition coefficient (Wildman–Crippen LogP) is 8.18. The topological polar surface area (TPSA) is 33.6 Å². The van der Waals surface area contributed by atoms with E-state index in [-0.39, 0.29) is 23.5 Å². The highest BCUT2D eigenvalue weighted by atomic mass is 16.5. The number of benzene rings is 3. The molecule has 0 radical (unpaired) electrons. The van der Waals surface area contributed by atoms with E-state index >= 15 is 0 Å². The Morgan fingerprint density at radius 2 is 1.77 bits per heavy atom. The second-order valence-electron chi connectivity index (χ2n) is 12.2. The third-order valence-corrected chi connectivity index (χ3v) is 9.62. The monoisotopic (exact) mass is 522 g/mol. The minimum absolute atomic E-state index is 0.0288. The fraction of sp³-hybridized carbons (Fsp3) is 0.270. The molecule has 0 spiro atoms. The van der Waals surface area contributed by atoms with Gasteiger partial charge in [0.2, 0.25) is 0 Å². The molecule has 0 saturated carbocycles. The number of ether oxygens (including phenoxy) is 1. The molecule has 4 unspecified atom stereocenters. The van der Waals surface area contributed by atoms with Gasteiger partial charge < -0.3 is 10.1 Å². The summed E-state index contributed by atoms with van der Waals surface area (Å²) in [6, 6.07) is 26.0. The Morgan fingerprint density at radius 3 is 2.67 bits per heavy atom. The van der Waals surface area contributed by atoms with Crippen LogP contribution in [0.3, 0.4) is 0 Å². The van der Waals surface area contributed by atoms with E-state index in [0.717, 1.165) is 36.4 Å². The fourth-order valence-corrected chi connectivity index (χ4v) is 7.57. The van der Waals surface area contributed by atoms with Crippen LogP contribution in [0.1, 0.15) is 72.9 Å². The number of fused-ring (bicyclic) bond motifs is 5. The van der Waals surface area contributed by atoms with Crippen molar-refractivity contribution in [3.8, 4) is 5.75 Å². The van der Waals surface area contributed by atoms with Crippen LogP contribution in [0.4, 0.5) is 0 Å². The molecule has 0 fully saturated rings. The maximum Gasteiger partial charge on any atom is 0.133 e. The molecule has 3 aliphatic carbocycles. The number of hydrogen-bond acceptors (Lipinski definition) is 3. The van der Waals surface area contributed by atoms with Crippen LogP contribution in [-0.4, -0.2) is 11.9 Å². The molecule has 3 aromatic rings. The van der Waals surface area contributed by atoms with Gasteiger partial charge in [0.15, 0.2) is 0 Å². The molecule has 2 aliphatic heterocycles. The van der Waals surface area contributed by atoms with E-state index in [0.29, 0.717) is 5.92 Å². The SMILES string of the molecule is CC1(C)C2=C(C=CC(C3=CC(c4cccc5c4C4CCC=CC4O5)N=C(c4ccccc4)N3)C2)c2ccccc21. The van der Waals surface area contributed by atoms with Gasteiger partial charge in [-0.25, -0.2) is 0 Å². The van der Waals surface area contributed by atoms with Crippen LogP contribution in [0.25, 0.3) is 5.57 Å². The predicted molar refractivity (Wildman–Crippen MR) is 163 cm³/mol. The number of hydrogen-bond donors (Lipinski definition) is 1. The van der Waals surface area contributed by atoms with Crippen LogP contribution in [0.2, 0.25) is 0 Å². The summed E-state index contributed by atoms with van der Waals surface area (Å²) in [6.07, 6.45) is 15.0. The van der Waals surface area contributed by atoms with Gasteiger partial charge in [0.25, 0.3) is 0 Å². The highest BCUT2D eigenvalue weighted by molar-refractivity contribution is 6.00. The normalized spacial score (nSPS) is 27.1. The largest absolute Gasteiger partial charge is 0.485 e. The Hall–Kier alpha value is -4.11. The van der Waals surface area contributed by atoms with Gasteiger partial charge in [-0.2, -0.15) is 0 Å². The van der Waals surface area contributed by atoms with E-state index < -0.39 is 0 Å². The highest BCUT2D eigenvalue weighted by Gasteiger charge is 2.41. The molecule has 0 bridgehead atoms. The standard InChI is InChI=1S/C37H34N2O/c1-37(2)29-16-8-6-13-25(29)26-20-19-24(21-30(26)37)31-22-32(39-36(38-31)23-11-4-3-5-12-23)27-15-10-18-34-35(27)28-14-7-9-17-33(28)40-34/h3-6,8-13,15-20,22,24,28,32-33H,7,14,21H2,1-2H3,(H,38,39). The van der Waals surface area contributed by atoms with Crippen molar-refractivity contribution < 1.29 is 4.74 Å². The molecule has 198 valence electrons. The first-order valence-electron chi connectivity index (χ1n) is 14.7. The molecule has 3 heteroatoms. The fourth-order valence-electron chi connectivity index (χ4n) is 7.57. The van der Waals surface area contributed by atoms with Crippen LogP contribution in [0.5, 0.6) is 5.75 Å². The summed E-state index contributed by atoms with van der Waals surface area (Å²) in [4.78, 5) is 5.33. The third-order valence-electron chi connectivity index (χ3n) is 9.62. The van der Waals surface area contributed by atoms with Crippen molar-refractivity contribution in [3.05, 3.63) is 142 Å². The zero-order valence-corrected chi connectivity index (χ0v) is 23.1. The molecule has 0 saturated heterocycles. The molecule has 4 atom stereocenters. The molecule has 3 nitrogen and oxygen atoms in total. The molecule has 2 heterocycles. The molecule has 5 aliphatic rings. The summed E-state index contributed by atoms with van der Waals surface area (Å²) in [5, 5.41) is 3.79. The van der Waals surface area contributed by atoms with Crippen molar-refractivity contribution in [1.82, 2.24) is 5.32 Å². The Labute approximate surface area is 236 Å². The van der Waals surface area contributed by atoms with Crippen LogP contribution in [0.15, 0.2) is 119 Å². The van der Waals surface area contributed by atoms with E-state index in [1.807, 2.05) is 0 Å². The lowest BCUT2D eigenvalue weighted by molar-refractivity contribution is 0.244. The molecule has 1 N–H and O–H groups in total. The van der Waals surface area contributed by atoms with Gasteiger partial charge in [-0.1, -0.05) is 104 Å². The maximum absolute atomic E-state index is 6.41. The van der Waals surface area contributed by atoms with E-state index in [1.165, 1.54) is 39.1 Å². The van der Waals surface area contributed by atoms with Crippen molar-refractivity contribution >= 4 is 11.4 Å². The van der Waals surface area contributed by atoms with Gasteiger partial charge in [-0.15, -0.1) is 0 Å². The van der Waals surface area contributed by atoms with Gasteiger partial charge in [0.05, 0.1) is 6.04 Å². The van der Waals surface area contributed by atoms with Crippen LogP contribution >= 0.6 is 0 Å². The van der Waals surface area contributed by atoms with Crippen molar-refractivity contribution in [2.75, 3.05) is 0 Å². The van der Waals surface area contributed by atoms with Crippen molar-refractivity contribution in [2.45, 2.75) is 56.6 Å². The first-order valence-corrected chi connectivity index (χ1v) is 14.7. The lowest BCUT2D eigenvalue weighted by Crippen LogP contribution is -2.33. The summed E-state index contributed by atoms with van der Waals surface area (Å²) in [5.74, 6) is 2.64. The number of nitrogens with one attached hydrogen (secondary N) is 1. The lowest BCUT2D eigenvalue weighted by atomic mass is 9.75. The summed E-state index contributed by atoms with van der Waals surface area (Å²) in [6.45, 7) is 4.77. The Bertz CT molecular complexity index is 1670. The quantitative estimate of drug-likeness (QED) is 0.352. The zero-order chi connectivity index (χ0) is 26.8. The summed E-state index contributed by atoms with van der Waals surface area (Å²) in [7, 11) is 0. The van der Waals surface area contributed by atoms with Gasteiger partial charge >= 0.3 is 0 Å². The minimum atomic E-state index is -0.0628. The van der Waals surface area contributed by atoms with Crippen LogP contribution in [-0.2, 0) is 5.41 Å². The van der Waals surface area contributed by atoms with Crippen LogP contribution < -0.4 is 10.1 Å². The molecular formula is C37H34N2O. The average Bonchev–Trinajstić information content (AvgIpc) is 3.50. The van der Waals surface area contributed by atoms with Gasteiger partial charge in [-0.05, 0) is 59.7 Å². The Kier molecular flexibility index (Phi) is 5.32. The third kappa shape index (κ3) is 3.60. The summed E-state index contributed by atoms with van der Waals surface area (Å²) >= 11 is 0. The summed E-state index contributed by atoms with van der Waals surface area (Å²) < 4.78 is 6.41. The van der Waals surface area contributed by atoms with Crippen molar-refractivity contribution in [3.63, 3.8) is 0 Å². The van der Waals surface area contributed by atoms with E-state index in [9.17, 15) is 0 Å². The Balaban J connectivity index is 1.20. The summed E-state index contributed by atoms with van der Waals surface area (Å²) in [5.41, 5.74) is 10.8. The number of nitrogens with zero attached hydrogens (tertiary/aromatic N) is 1. The molecular weight excluding hydrogens is 488 g/mol. The molecule has 40 heavy (non-hydrogen) atoms. The molecule has 8 rings (SSSR count). The molecule has 0 aromatic heterocycles. The highest BCUT2D eigenvalue weighted by Crippen LogP contribution is 2.52. The smallest absolute Gasteiger partial charge is 0.133 e. The average molecular weight is 523 g/mol. The number of aliphatic imine (C=N–C) groups is 1. The minimum Gasteiger partial charge on any atom is -0.485 e. The maximum atomic E-state index is 6.41. The second kappa shape index (κ2) is 8.96. The van der Waals surface area contributed by atoms with E-state index in [1.54, 1.807) is 0 Å². The first kappa shape index (κ1) is 23.7. The van der Waals surface area contributed by atoms with Crippen molar-refractivity contribution in [2.24, 2.45) is 10.9 Å². The number of rotatable bonds is 3. The van der Waals surface area contributed by atoms with E-state index in [2.05, 4.69) is 122 Å². The van der Waals surface area contributed by atoms with Gasteiger partial charge in [-0.3, -0.25) is 4.99 Å². The Morgan fingerprint density at radius 1 is 0.925 bits per heavy atom. The molecule has 0 amide bonds. The second-order valence-corrected chi connectivity index (χ2v) is 12.2. The van der Waals surface area contributed by atoms with Gasteiger partial charge in [0, 0.05) is 34.1 Å². The molecule has 3 aromatic carbocycles. The zero-order valence-electron chi connectivity index (χ0n) is 23.1. The lowest BCUT2D eigenvalue weighted by Gasteiger charge is -2.32. The number of allylic oxidation sites excluding steroid dienone is 5. The number of amidine groups is 1. The van der Waals surface area contributed by atoms with E-state index in [4.69, 9.17) is 9.73 Å².